The van der Waals surface area contributed by atoms with E-state index in [2.05, 4.69) is 41.5 Å². The zero-order valence-electron chi connectivity index (χ0n) is 19.1. The van der Waals surface area contributed by atoms with Gasteiger partial charge in [-0.25, -0.2) is 9.80 Å². The monoisotopic (exact) mass is 420 g/mol. The maximum absolute atomic E-state index is 12.3. The molecular weight excluding hydrogens is 388 g/mol. The van der Waals surface area contributed by atoms with Crippen molar-refractivity contribution in [1.29, 1.82) is 0 Å². The molecule has 1 aliphatic rings. The first-order chi connectivity index (χ1) is 15.1. The van der Waals surface area contributed by atoms with E-state index in [4.69, 9.17) is 9.84 Å². The van der Waals surface area contributed by atoms with Gasteiger partial charge in [0.15, 0.2) is 0 Å². The average Bonchev–Trinajstić information content (AvgIpc) is 3.01. The predicted molar refractivity (Wildman–Crippen MR) is 129 cm³/mol. The second-order valence-corrected chi connectivity index (χ2v) is 6.86. The van der Waals surface area contributed by atoms with Gasteiger partial charge in [0.25, 0.3) is 0 Å². The number of nitrogens with zero attached hydrogens (tertiary/aromatic N) is 3. The Morgan fingerprint density at radius 2 is 2.06 bits per heavy atom. The number of hydrogen-bond donors (Lipinski definition) is 1. The van der Waals surface area contributed by atoms with Gasteiger partial charge in [-0.2, -0.15) is 5.10 Å². The van der Waals surface area contributed by atoms with E-state index in [1.165, 1.54) is 5.01 Å². The van der Waals surface area contributed by atoms with Crippen molar-refractivity contribution < 1.29 is 9.53 Å². The van der Waals surface area contributed by atoms with Gasteiger partial charge in [0.1, 0.15) is 5.76 Å². The van der Waals surface area contributed by atoms with Gasteiger partial charge in [-0.3, -0.25) is 4.99 Å². The summed E-state index contributed by atoms with van der Waals surface area (Å²) < 4.78 is 5.48. The molecule has 1 heterocycles. The second-order valence-electron chi connectivity index (χ2n) is 6.86. The number of hydrazone groups is 1. The van der Waals surface area contributed by atoms with Gasteiger partial charge >= 0.3 is 6.03 Å². The van der Waals surface area contributed by atoms with Gasteiger partial charge in [0, 0.05) is 38.0 Å². The number of carbonyl (C=O) groups excluding carboxylic acids is 1. The summed E-state index contributed by atoms with van der Waals surface area (Å²) in [4.78, 5) is 16.4. The number of ether oxygens (including phenoxy) is 1. The summed E-state index contributed by atoms with van der Waals surface area (Å²) in [6.07, 6.45) is 13.5. The van der Waals surface area contributed by atoms with Crippen molar-refractivity contribution in [1.82, 2.24) is 10.3 Å². The third-order valence-electron chi connectivity index (χ3n) is 4.70. The highest BCUT2D eigenvalue weighted by Crippen LogP contribution is 2.21. The second kappa shape index (κ2) is 12.3. The maximum Gasteiger partial charge on any atom is 0.337 e. The number of rotatable bonds is 7. The Balaban J connectivity index is 2.54. The molecule has 1 N–H and O–H groups in total. The third-order valence-corrected chi connectivity index (χ3v) is 4.70. The number of nitrogens with one attached hydrogen (secondary N) is 1. The minimum atomic E-state index is -0.236. The fourth-order valence-electron chi connectivity index (χ4n) is 3.21. The molecule has 1 aromatic rings. The fraction of sp³-hybridized carbons (Fsp3) is 0.320. The first kappa shape index (κ1) is 23.9. The van der Waals surface area contributed by atoms with Crippen LogP contribution in [0.5, 0.6) is 0 Å². The van der Waals surface area contributed by atoms with Crippen molar-refractivity contribution in [3.8, 4) is 0 Å². The Morgan fingerprint density at radius 1 is 1.32 bits per heavy atom. The Morgan fingerprint density at radius 3 is 2.65 bits per heavy atom. The molecule has 6 heteroatoms. The molecule has 2 rings (SSSR count). The molecule has 0 bridgehead atoms. The Labute approximate surface area is 185 Å². The zero-order chi connectivity index (χ0) is 22.6. The van der Waals surface area contributed by atoms with Crippen molar-refractivity contribution in [3.63, 3.8) is 0 Å². The zero-order valence-corrected chi connectivity index (χ0v) is 19.1. The van der Waals surface area contributed by atoms with Crippen LogP contribution in [0.3, 0.4) is 0 Å². The van der Waals surface area contributed by atoms with Crippen molar-refractivity contribution in [3.05, 3.63) is 77.1 Å². The molecule has 2 amide bonds. The Bertz CT molecular complexity index is 935. The van der Waals surface area contributed by atoms with Crippen molar-refractivity contribution in [2.24, 2.45) is 10.1 Å². The summed E-state index contributed by atoms with van der Waals surface area (Å²) in [6.45, 7) is 4.55. The lowest BCUT2D eigenvalue weighted by atomic mass is 9.97. The van der Waals surface area contributed by atoms with Gasteiger partial charge in [-0.1, -0.05) is 49.4 Å². The maximum atomic E-state index is 12.3. The summed E-state index contributed by atoms with van der Waals surface area (Å²) in [6, 6.07) is 7.93. The van der Waals surface area contributed by atoms with Crippen LogP contribution in [0.25, 0.3) is 5.57 Å². The van der Waals surface area contributed by atoms with Crippen LogP contribution in [0.2, 0.25) is 0 Å². The summed E-state index contributed by atoms with van der Waals surface area (Å²) >= 11 is 0. The molecule has 0 saturated heterocycles. The number of carbonyl (C=O) groups is 1. The number of methoxy groups -OCH3 is 1. The summed E-state index contributed by atoms with van der Waals surface area (Å²) in [5, 5.41) is 8.82. The number of urea groups is 1. The van der Waals surface area contributed by atoms with Crippen LogP contribution in [0.4, 0.5) is 4.79 Å². The van der Waals surface area contributed by atoms with E-state index in [1.54, 1.807) is 21.2 Å². The summed E-state index contributed by atoms with van der Waals surface area (Å²) in [7, 11) is 5.02. The van der Waals surface area contributed by atoms with E-state index in [0.717, 1.165) is 40.2 Å². The van der Waals surface area contributed by atoms with Crippen LogP contribution in [-0.4, -0.2) is 50.7 Å². The molecule has 1 aliphatic heterocycles. The largest absolute Gasteiger partial charge is 0.497 e. The Kier molecular flexibility index (Phi) is 9.49. The number of benzene rings is 1. The van der Waals surface area contributed by atoms with Crippen molar-refractivity contribution >= 4 is 23.5 Å². The summed E-state index contributed by atoms with van der Waals surface area (Å²) in [5.74, 6) is 0.721. The number of hydrogen-bond acceptors (Lipinski definition) is 4. The van der Waals surface area contributed by atoms with Crippen LogP contribution < -0.4 is 5.32 Å². The van der Waals surface area contributed by atoms with Gasteiger partial charge in [0.05, 0.1) is 12.8 Å². The number of aliphatic imine (C=N–C) groups is 1. The predicted octanol–water partition coefficient (Wildman–Crippen LogP) is 4.96. The van der Waals surface area contributed by atoms with E-state index in [-0.39, 0.29) is 6.03 Å². The highest BCUT2D eigenvalue weighted by atomic mass is 16.5. The number of amides is 2. The SMILES string of the molecule is C/C=C\C(=C/C1=CCCN(C(=O)NC)N=C1c1ccc(C(/C=N\C)=C/CC)cc1)OC. The van der Waals surface area contributed by atoms with Crippen LogP contribution in [0.1, 0.15) is 37.8 Å². The van der Waals surface area contributed by atoms with Crippen LogP contribution >= 0.6 is 0 Å². The van der Waals surface area contributed by atoms with Crippen LogP contribution in [-0.2, 0) is 4.74 Å². The molecule has 0 atom stereocenters. The van der Waals surface area contributed by atoms with Gasteiger partial charge in [-0.05, 0) is 43.1 Å². The quantitative estimate of drug-likeness (QED) is 0.385. The smallest absolute Gasteiger partial charge is 0.337 e. The standard InChI is InChI=1S/C25H32N4O2/c1-6-9-22(18-26-3)19-12-14-20(15-13-19)24-21(17-23(31-5)10-7-2)11-8-16-29(28-24)25(30)27-4/h7,9-15,17-18H,6,8,16H2,1-5H3,(H,27,30)/b10-7-,22-9+,23-17+,26-18-. The van der Waals surface area contributed by atoms with Crippen LogP contribution in [0.15, 0.2) is 76.1 Å². The average molecular weight is 421 g/mol. The molecule has 0 aliphatic carbocycles. The van der Waals surface area contributed by atoms with Crippen LogP contribution in [0, 0.1) is 0 Å². The van der Waals surface area contributed by atoms with E-state index in [1.807, 2.05) is 43.5 Å². The summed E-state index contributed by atoms with van der Waals surface area (Å²) in [5.41, 5.74) is 4.71. The molecule has 0 spiro atoms. The highest BCUT2D eigenvalue weighted by molar-refractivity contribution is 6.15. The molecule has 0 unspecified atom stereocenters. The minimum Gasteiger partial charge on any atom is -0.497 e. The lowest BCUT2D eigenvalue weighted by Crippen LogP contribution is -2.35. The Hall–Kier alpha value is -3.41. The highest BCUT2D eigenvalue weighted by Gasteiger charge is 2.19. The molecule has 0 fully saturated rings. The fourth-order valence-corrected chi connectivity index (χ4v) is 3.21. The van der Waals surface area contributed by atoms with Crippen molar-refractivity contribution in [2.45, 2.75) is 26.7 Å². The third kappa shape index (κ3) is 6.54. The lowest BCUT2D eigenvalue weighted by Gasteiger charge is -2.16. The minimum absolute atomic E-state index is 0.236. The van der Waals surface area contributed by atoms with E-state index in [0.29, 0.717) is 13.0 Å². The lowest BCUT2D eigenvalue weighted by molar-refractivity contribution is 0.204. The normalized spacial score (nSPS) is 15.7. The van der Waals surface area contributed by atoms with Crippen molar-refractivity contribution in [2.75, 3.05) is 27.7 Å². The first-order valence-corrected chi connectivity index (χ1v) is 10.5. The molecule has 0 radical (unpaired) electrons. The molecule has 164 valence electrons. The van der Waals surface area contributed by atoms with E-state index < -0.39 is 0 Å². The molecule has 0 saturated carbocycles. The van der Waals surface area contributed by atoms with E-state index >= 15 is 0 Å². The molecule has 31 heavy (non-hydrogen) atoms. The molecular formula is C25H32N4O2. The molecule has 1 aromatic carbocycles. The van der Waals surface area contributed by atoms with Gasteiger partial charge in [-0.15, -0.1) is 0 Å². The number of allylic oxidation sites excluding steroid dienone is 6. The first-order valence-electron chi connectivity index (χ1n) is 10.5. The van der Waals surface area contributed by atoms with Gasteiger partial charge < -0.3 is 10.1 Å². The molecule has 0 aromatic heterocycles. The van der Waals surface area contributed by atoms with E-state index in [9.17, 15) is 4.79 Å². The molecule has 6 nitrogen and oxygen atoms in total. The van der Waals surface area contributed by atoms with Gasteiger partial charge in [0.2, 0.25) is 0 Å². The topological polar surface area (TPSA) is 66.3 Å².